The monoisotopic (exact) mass is 419 g/mol. The molecule has 7 nitrogen and oxygen atoms in total. The summed E-state index contributed by atoms with van der Waals surface area (Å²) >= 11 is 2.83. The van der Waals surface area contributed by atoms with E-state index in [1.165, 1.54) is 23.1 Å². The molecule has 0 saturated heterocycles. The van der Waals surface area contributed by atoms with Gasteiger partial charge in [0, 0.05) is 18.5 Å². The molecular formula is C19H25N5O2S2. The van der Waals surface area contributed by atoms with E-state index in [4.69, 9.17) is 4.98 Å². The van der Waals surface area contributed by atoms with Crippen LogP contribution in [0.15, 0.2) is 9.95 Å². The van der Waals surface area contributed by atoms with Crippen molar-refractivity contribution in [2.24, 2.45) is 7.05 Å². The van der Waals surface area contributed by atoms with Crippen LogP contribution >= 0.6 is 23.1 Å². The third-order valence-electron chi connectivity index (χ3n) is 4.98. The summed E-state index contributed by atoms with van der Waals surface area (Å²) in [5.74, 6) is -0.139. The van der Waals surface area contributed by atoms with E-state index in [1.54, 1.807) is 9.25 Å². The van der Waals surface area contributed by atoms with Crippen LogP contribution in [-0.4, -0.2) is 30.5 Å². The van der Waals surface area contributed by atoms with Gasteiger partial charge in [-0.05, 0) is 47.1 Å². The topological polar surface area (TPSA) is 81.8 Å². The number of nitrogens with zero attached hydrogens (tertiary/aromatic N) is 4. The third-order valence-corrected chi connectivity index (χ3v) is 7.17. The van der Waals surface area contributed by atoms with Crippen molar-refractivity contribution in [3.8, 4) is 0 Å². The average molecular weight is 420 g/mol. The van der Waals surface area contributed by atoms with Crippen LogP contribution in [0.2, 0.25) is 0 Å². The Labute approximate surface area is 172 Å². The zero-order valence-corrected chi connectivity index (χ0v) is 18.8. The van der Waals surface area contributed by atoms with Gasteiger partial charge in [0.25, 0.3) is 5.56 Å². The van der Waals surface area contributed by atoms with Crippen molar-refractivity contribution in [1.82, 2.24) is 19.3 Å². The van der Waals surface area contributed by atoms with E-state index in [2.05, 4.69) is 10.4 Å². The number of carbonyl (C=O) groups excluding carboxylic acids is 1. The second kappa shape index (κ2) is 7.71. The summed E-state index contributed by atoms with van der Waals surface area (Å²) in [6.07, 6.45) is 0. The average Bonchev–Trinajstić information content (AvgIpc) is 3.05. The SMILES string of the molecule is CCn1c(S[C@H](C)C(=O)Nc2c(C)nn(C)c2C)nc2sc(C)c(C)c2c1=O. The Balaban J connectivity index is 1.91. The molecule has 1 atom stereocenters. The smallest absolute Gasteiger partial charge is 0.263 e. The van der Waals surface area contributed by atoms with E-state index >= 15 is 0 Å². The molecule has 3 aromatic rings. The summed E-state index contributed by atoms with van der Waals surface area (Å²) < 4.78 is 3.39. The Kier molecular flexibility index (Phi) is 5.67. The number of aromatic nitrogens is 4. The maximum Gasteiger partial charge on any atom is 0.263 e. The van der Waals surface area contributed by atoms with E-state index in [9.17, 15) is 9.59 Å². The number of carbonyl (C=O) groups is 1. The van der Waals surface area contributed by atoms with Crippen molar-refractivity contribution in [2.75, 3.05) is 5.32 Å². The van der Waals surface area contributed by atoms with Gasteiger partial charge in [-0.25, -0.2) is 4.98 Å². The number of hydrogen-bond donors (Lipinski definition) is 1. The van der Waals surface area contributed by atoms with Crippen LogP contribution < -0.4 is 10.9 Å². The molecule has 1 N–H and O–H groups in total. The Morgan fingerprint density at radius 2 is 1.96 bits per heavy atom. The number of anilines is 1. The number of thiophene rings is 1. The summed E-state index contributed by atoms with van der Waals surface area (Å²) in [6.45, 7) is 12.0. The molecule has 0 bridgehead atoms. The van der Waals surface area contributed by atoms with Crippen molar-refractivity contribution in [3.63, 3.8) is 0 Å². The van der Waals surface area contributed by atoms with Crippen LogP contribution in [0.5, 0.6) is 0 Å². The van der Waals surface area contributed by atoms with Crippen molar-refractivity contribution in [1.29, 1.82) is 0 Å². The molecule has 28 heavy (non-hydrogen) atoms. The van der Waals surface area contributed by atoms with Gasteiger partial charge in [-0.2, -0.15) is 5.10 Å². The lowest BCUT2D eigenvalue weighted by Crippen LogP contribution is -2.26. The lowest BCUT2D eigenvalue weighted by atomic mass is 10.2. The van der Waals surface area contributed by atoms with Crippen molar-refractivity contribution >= 4 is 44.9 Å². The van der Waals surface area contributed by atoms with Gasteiger partial charge in [0.2, 0.25) is 5.91 Å². The van der Waals surface area contributed by atoms with Crippen molar-refractivity contribution in [3.05, 3.63) is 32.2 Å². The van der Waals surface area contributed by atoms with Gasteiger partial charge in [-0.15, -0.1) is 11.3 Å². The Hall–Kier alpha value is -2.13. The highest BCUT2D eigenvalue weighted by Crippen LogP contribution is 2.30. The molecule has 0 spiro atoms. The molecule has 0 fully saturated rings. The standard InChI is InChI=1S/C19H25N5O2S2/c1-8-24-18(26)14-9(2)12(5)27-17(14)21-19(24)28-13(6)16(25)20-15-10(3)22-23(7)11(15)4/h13H,8H2,1-7H3,(H,20,25)/t13-/m1/s1. The molecule has 3 rings (SSSR count). The van der Waals surface area contributed by atoms with Crippen LogP contribution in [0, 0.1) is 27.7 Å². The van der Waals surface area contributed by atoms with Gasteiger partial charge in [0.15, 0.2) is 5.16 Å². The molecule has 3 heterocycles. The number of nitrogens with one attached hydrogen (secondary N) is 1. The predicted molar refractivity (Wildman–Crippen MR) is 116 cm³/mol. The van der Waals surface area contributed by atoms with Crippen LogP contribution in [0.1, 0.15) is 35.7 Å². The molecule has 3 aromatic heterocycles. The molecule has 9 heteroatoms. The van der Waals surface area contributed by atoms with E-state index < -0.39 is 5.25 Å². The number of amides is 1. The van der Waals surface area contributed by atoms with Gasteiger partial charge in [-0.3, -0.25) is 18.8 Å². The zero-order valence-electron chi connectivity index (χ0n) is 17.2. The second-order valence-corrected chi connectivity index (χ2v) is 9.34. The summed E-state index contributed by atoms with van der Waals surface area (Å²) in [6, 6.07) is 0. The minimum Gasteiger partial charge on any atom is -0.322 e. The number of thioether (sulfide) groups is 1. The Morgan fingerprint density at radius 1 is 1.29 bits per heavy atom. The van der Waals surface area contributed by atoms with Crippen LogP contribution in [-0.2, 0) is 18.4 Å². The summed E-state index contributed by atoms with van der Waals surface area (Å²) in [7, 11) is 1.85. The highest BCUT2D eigenvalue weighted by atomic mass is 32.2. The van der Waals surface area contributed by atoms with Gasteiger partial charge in [-0.1, -0.05) is 11.8 Å². The van der Waals surface area contributed by atoms with E-state index in [1.807, 2.05) is 48.6 Å². The molecule has 0 radical (unpaired) electrons. The minimum absolute atomic E-state index is 0.0385. The fraction of sp³-hybridized carbons (Fsp3) is 0.474. The number of rotatable bonds is 5. The molecule has 0 unspecified atom stereocenters. The number of fused-ring (bicyclic) bond motifs is 1. The number of aryl methyl sites for hydroxylation is 4. The fourth-order valence-corrected chi connectivity index (χ4v) is 5.11. The summed E-state index contributed by atoms with van der Waals surface area (Å²) in [4.78, 5) is 32.2. The molecule has 0 aromatic carbocycles. The first-order valence-electron chi connectivity index (χ1n) is 9.13. The summed E-state index contributed by atoms with van der Waals surface area (Å²) in [5, 5.41) is 8.14. The van der Waals surface area contributed by atoms with E-state index in [0.29, 0.717) is 17.1 Å². The fourth-order valence-electron chi connectivity index (χ4n) is 3.07. The maximum atomic E-state index is 13.0. The normalized spacial score (nSPS) is 12.5. The Morgan fingerprint density at radius 3 is 2.54 bits per heavy atom. The second-order valence-electron chi connectivity index (χ2n) is 6.83. The van der Waals surface area contributed by atoms with Crippen molar-refractivity contribution in [2.45, 2.75) is 58.5 Å². The van der Waals surface area contributed by atoms with Gasteiger partial charge in [0.1, 0.15) is 4.83 Å². The molecule has 0 aliphatic rings. The highest BCUT2D eigenvalue weighted by molar-refractivity contribution is 8.00. The maximum absolute atomic E-state index is 13.0. The summed E-state index contributed by atoms with van der Waals surface area (Å²) in [5.41, 5.74) is 3.37. The van der Waals surface area contributed by atoms with E-state index in [0.717, 1.165) is 32.3 Å². The minimum atomic E-state index is -0.414. The Bertz CT molecular complexity index is 1130. The lowest BCUT2D eigenvalue weighted by Gasteiger charge is -2.15. The largest absolute Gasteiger partial charge is 0.322 e. The molecule has 0 saturated carbocycles. The molecule has 0 aliphatic carbocycles. The van der Waals surface area contributed by atoms with E-state index in [-0.39, 0.29) is 11.5 Å². The predicted octanol–water partition coefficient (Wildman–Crippen LogP) is 3.56. The first-order valence-corrected chi connectivity index (χ1v) is 10.8. The van der Waals surface area contributed by atoms with Crippen LogP contribution in [0.3, 0.4) is 0 Å². The molecule has 150 valence electrons. The first kappa shape index (κ1) is 20.6. The highest BCUT2D eigenvalue weighted by Gasteiger charge is 2.22. The lowest BCUT2D eigenvalue weighted by molar-refractivity contribution is -0.115. The van der Waals surface area contributed by atoms with Gasteiger partial charge < -0.3 is 5.32 Å². The van der Waals surface area contributed by atoms with Gasteiger partial charge >= 0.3 is 0 Å². The van der Waals surface area contributed by atoms with Crippen molar-refractivity contribution < 1.29 is 4.79 Å². The molecule has 0 aliphatic heterocycles. The first-order chi connectivity index (χ1) is 13.1. The molecular weight excluding hydrogens is 394 g/mol. The van der Waals surface area contributed by atoms with Gasteiger partial charge in [0.05, 0.1) is 27.7 Å². The quantitative estimate of drug-likeness (QED) is 0.505. The number of hydrogen-bond acceptors (Lipinski definition) is 6. The molecule has 1 amide bonds. The van der Waals surface area contributed by atoms with Crippen LogP contribution in [0.4, 0.5) is 5.69 Å². The third kappa shape index (κ3) is 3.48. The zero-order chi connectivity index (χ0) is 20.7. The van der Waals surface area contributed by atoms with Crippen LogP contribution in [0.25, 0.3) is 10.2 Å².